The van der Waals surface area contributed by atoms with E-state index in [1.165, 1.54) is 22.6 Å². The molecule has 0 spiro atoms. The molecule has 3 aromatic rings. The zero-order chi connectivity index (χ0) is 20.4. The third-order valence-electron chi connectivity index (χ3n) is 5.08. The lowest BCUT2D eigenvalue weighted by Crippen LogP contribution is -2.26. The van der Waals surface area contributed by atoms with Crippen LogP contribution in [0.2, 0.25) is 0 Å². The van der Waals surface area contributed by atoms with E-state index in [4.69, 9.17) is 0 Å². The van der Waals surface area contributed by atoms with Gasteiger partial charge in [0.15, 0.2) is 0 Å². The van der Waals surface area contributed by atoms with Crippen molar-refractivity contribution in [1.82, 2.24) is 14.9 Å². The van der Waals surface area contributed by atoms with Gasteiger partial charge in [-0.2, -0.15) is 11.8 Å². The highest BCUT2D eigenvalue weighted by Crippen LogP contribution is 2.34. The second-order valence-corrected chi connectivity index (χ2v) is 9.42. The Kier molecular flexibility index (Phi) is 6.01. The van der Waals surface area contributed by atoms with Crippen molar-refractivity contribution in [3.63, 3.8) is 0 Å². The summed E-state index contributed by atoms with van der Waals surface area (Å²) in [5.74, 6) is 1.64. The van der Waals surface area contributed by atoms with Crippen molar-refractivity contribution in [2.75, 3.05) is 12.8 Å². The summed E-state index contributed by atoms with van der Waals surface area (Å²) in [5.41, 5.74) is 2.04. The minimum atomic E-state index is -0.281. The minimum absolute atomic E-state index is 0.0356. The van der Waals surface area contributed by atoms with Gasteiger partial charge in [0, 0.05) is 30.6 Å². The van der Waals surface area contributed by atoms with Gasteiger partial charge in [-0.3, -0.25) is 9.59 Å². The number of carbonyl (C=O) groups is 1. The molecule has 0 fully saturated rings. The first-order valence-corrected chi connectivity index (χ1v) is 11.6. The van der Waals surface area contributed by atoms with E-state index in [2.05, 4.69) is 9.97 Å². The molecule has 4 rings (SSSR count). The van der Waals surface area contributed by atoms with Crippen LogP contribution in [0.3, 0.4) is 0 Å². The lowest BCUT2D eigenvalue weighted by molar-refractivity contribution is -0.129. The Hall–Kier alpha value is -2.19. The van der Waals surface area contributed by atoms with Crippen LogP contribution < -0.4 is 5.56 Å². The molecule has 2 aromatic heterocycles. The molecule has 1 amide bonds. The van der Waals surface area contributed by atoms with Gasteiger partial charge >= 0.3 is 0 Å². The highest BCUT2D eigenvalue weighted by atomic mass is 32.2. The Morgan fingerprint density at radius 3 is 2.90 bits per heavy atom. The number of thiophene rings is 1. The van der Waals surface area contributed by atoms with Gasteiger partial charge in [-0.25, -0.2) is 9.37 Å². The average molecular weight is 432 g/mol. The third kappa shape index (κ3) is 4.53. The minimum Gasteiger partial charge on any atom is -0.341 e. The summed E-state index contributed by atoms with van der Waals surface area (Å²) in [7, 11) is 1.75. The number of nitrogens with one attached hydrogen (secondary N) is 1. The van der Waals surface area contributed by atoms with Gasteiger partial charge in [-0.05, 0) is 42.5 Å². The molecule has 0 atom stereocenters. The molecule has 1 aromatic carbocycles. The fourth-order valence-electron chi connectivity index (χ4n) is 3.59. The first kappa shape index (κ1) is 20.1. The number of thioether (sulfide) groups is 1. The second kappa shape index (κ2) is 8.67. The zero-order valence-corrected chi connectivity index (χ0v) is 17.8. The van der Waals surface area contributed by atoms with Crippen LogP contribution >= 0.6 is 23.1 Å². The number of halogens is 1. The fraction of sp³-hybridized carbons (Fsp3) is 0.381. The number of hydrogen-bond acceptors (Lipinski definition) is 5. The summed E-state index contributed by atoms with van der Waals surface area (Å²) >= 11 is 3.22. The fourth-order valence-corrected chi connectivity index (χ4v) is 5.66. The van der Waals surface area contributed by atoms with Crippen molar-refractivity contribution in [3.05, 3.63) is 62.3 Å². The molecule has 2 heterocycles. The first-order chi connectivity index (χ1) is 14.0. The summed E-state index contributed by atoms with van der Waals surface area (Å²) in [6.45, 7) is 0.457. The van der Waals surface area contributed by atoms with Crippen LogP contribution in [-0.4, -0.2) is 33.6 Å². The van der Waals surface area contributed by atoms with E-state index in [1.807, 2.05) is 0 Å². The van der Waals surface area contributed by atoms with Crippen LogP contribution in [0.1, 0.15) is 34.7 Å². The van der Waals surface area contributed by atoms with E-state index >= 15 is 0 Å². The SMILES string of the molecule is CN(Cc1ccc(F)cc1)C(=O)CCSCc1nc2sc3c(c2c(=O)[nH]1)CCC3. The molecule has 1 aliphatic rings. The van der Waals surface area contributed by atoms with E-state index in [0.717, 1.165) is 35.0 Å². The molecule has 29 heavy (non-hydrogen) atoms. The van der Waals surface area contributed by atoms with Gasteiger partial charge in [-0.15, -0.1) is 11.3 Å². The topological polar surface area (TPSA) is 66.1 Å². The first-order valence-electron chi connectivity index (χ1n) is 9.61. The Bertz CT molecular complexity index is 1090. The van der Waals surface area contributed by atoms with Crippen LogP contribution in [-0.2, 0) is 29.9 Å². The number of aromatic amines is 1. The average Bonchev–Trinajstić information content (AvgIpc) is 3.27. The summed E-state index contributed by atoms with van der Waals surface area (Å²) in [5, 5.41) is 0.772. The standard InChI is InChI=1S/C21H22FN3O2S2/c1-25(11-13-5-7-14(22)8-6-13)18(26)9-10-28-12-17-23-20(27)19-15-3-2-4-16(15)29-21(19)24-17/h5-8H,2-4,9-12H2,1H3,(H,23,24,27). The predicted molar refractivity (Wildman–Crippen MR) is 116 cm³/mol. The van der Waals surface area contributed by atoms with E-state index in [-0.39, 0.29) is 17.3 Å². The highest BCUT2D eigenvalue weighted by Gasteiger charge is 2.21. The van der Waals surface area contributed by atoms with Crippen LogP contribution in [0.25, 0.3) is 10.2 Å². The molecule has 1 aliphatic carbocycles. The molecule has 0 saturated heterocycles. The van der Waals surface area contributed by atoms with Crippen LogP contribution in [0.5, 0.6) is 0 Å². The summed E-state index contributed by atoms with van der Waals surface area (Å²) < 4.78 is 13.0. The quantitative estimate of drug-likeness (QED) is 0.577. The van der Waals surface area contributed by atoms with Gasteiger partial charge in [0.2, 0.25) is 5.91 Å². The molecular formula is C21H22FN3O2S2. The number of rotatable bonds is 7. The van der Waals surface area contributed by atoms with Crippen molar-refractivity contribution in [2.45, 2.75) is 38.0 Å². The van der Waals surface area contributed by atoms with Gasteiger partial charge in [0.05, 0.1) is 11.1 Å². The van der Waals surface area contributed by atoms with E-state index < -0.39 is 0 Å². The second-order valence-electron chi connectivity index (χ2n) is 7.23. The van der Waals surface area contributed by atoms with Crippen LogP contribution in [0.4, 0.5) is 4.39 Å². The van der Waals surface area contributed by atoms with Crippen LogP contribution in [0.15, 0.2) is 29.1 Å². The lowest BCUT2D eigenvalue weighted by atomic mass is 10.2. The zero-order valence-electron chi connectivity index (χ0n) is 16.2. The monoisotopic (exact) mass is 431 g/mol. The predicted octanol–water partition coefficient (Wildman–Crippen LogP) is 3.89. The Morgan fingerprint density at radius 2 is 2.10 bits per heavy atom. The number of nitrogens with zero attached hydrogens (tertiary/aromatic N) is 2. The van der Waals surface area contributed by atoms with Gasteiger partial charge in [-0.1, -0.05) is 12.1 Å². The Balaban J connectivity index is 1.28. The number of carbonyl (C=O) groups excluding carboxylic acids is 1. The maximum atomic E-state index is 13.0. The molecule has 5 nitrogen and oxygen atoms in total. The molecule has 0 saturated carbocycles. The summed E-state index contributed by atoms with van der Waals surface area (Å²) in [6, 6.07) is 6.17. The van der Waals surface area contributed by atoms with Gasteiger partial charge in [0.25, 0.3) is 5.56 Å². The van der Waals surface area contributed by atoms with E-state index in [0.29, 0.717) is 30.3 Å². The number of benzene rings is 1. The third-order valence-corrected chi connectivity index (χ3v) is 7.24. The number of H-pyrrole nitrogens is 1. The van der Waals surface area contributed by atoms with Crippen molar-refractivity contribution in [3.8, 4) is 0 Å². The summed E-state index contributed by atoms with van der Waals surface area (Å²) in [4.78, 5) is 36.1. The maximum absolute atomic E-state index is 13.0. The molecule has 8 heteroatoms. The smallest absolute Gasteiger partial charge is 0.259 e. The van der Waals surface area contributed by atoms with E-state index in [9.17, 15) is 14.0 Å². The van der Waals surface area contributed by atoms with Crippen molar-refractivity contribution >= 4 is 39.2 Å². The number of amides is 1. The van der Waals surface area contributed by atoms with Gasteiger partial charge < -0.3 is 9.88 Å². The number of fused-ring (bicyclic) bond motifs is 3. The molecular weight excluding hydrogens is 409 g/mol. The molecule has 1 N–H and O–H groups in total. The molecule has 0 bridgehead atoms. The normalized spacial score (nSPS) is 13.0. The molecule has 0 aliphatic heterocycles. The maximum Gasteiger partial charge on any atom is 0.259 e. The summed E-state index contributed by atoms with van der Waals surface area (Å²) in [6.07, 6.45) is 3.55. The molecule has 152 valence electrons. The number of hydrogen-bond donors (Lipinski definition) is 1. The van der Waals surface area contributed by atoms with E-state index in [1.54, 1.807) is 47.2 Å². The lowest BCUT2D eigenvalue weighted by Gasteiger charge is -2.17. The van der Waals surface area contributed by atoms with Gasteiger partial charge in [0.1, 0.15) is 16.5 Å². The Morgan fingerprint density at radius 1 is 1.31 bits per heavy atom. The molecule has 0 radical (unpaired) electrons. The number of aryl methyl sites for hydroxylation is 2. The van der Waals surface area contributed by atoms with Crippen molar-refractivity contribution in [1.29, 1.82) is 0 Å². The largest absolute Gasteiger partial charge is 0.341 e. The Labute approximate surface area is 176 Å². The highest BCUT2D eigenvalue weighted by molar-refractivity contribution is 7.98. The number of aromatic nitrogens is 2. The van der Waals surface area contributed by atoms with Crippen molar-refractivity contribution < 1.29 is 9.18 Å². The molecule has 0 unspecified atom stereocenters. The van der Waals surface area contributed by atoms with Crippen molar-refractivity contribution in [2.24, 2.45) is 0 Å². The van der Waals surface area contributed by atoms with Crippen LogP contribution in [0, 0.1) is 5.82 Å².